The van der Waals surface area contributed by atoms with Gasteiger partial charge in [-0.05, 0) is 18.8 Å². The summed E-state index contributed by atoms with van der Waals surface area (Å²) >= 11 is 0. The summed E-state index contributed by atoms with van der Waals surface area (Å²) in [5.41, 5.74) is -0.659. The summed E-state index contributed by atoms with van der Waals surface area (Å²) < 4.78 is 23.9. The van der Waals surface area contributed by atoms with E-state index in [0.717, 1.165) is 18.9 Å². The average molecular weight is 314 g/mol. The predicted molar refractivity (Wildman–Crippen MR) is 77.6 cm³/mol. The first-order chi connectivity index (χ1) is 10.5. The Morgan fingerprint density at radius 3 is 2.82 bits per heavy atom. The third-order valence-corrected chi connectivity index (χ3v) is 3.77. The van der Waals surface area contributed by atoms with E-state index in [9.17, 15) is 19.6 Å². The van der Waals surface area contributed by atoms with E-state index in [1.807, 2.05) is 0 Å². The molecule has 122 valence electrons. The highest BCUT2D eigenvalue weighted by Gasteiger charge is 2.25. The van der Waals surface area contributed by atoms with Crippen LogP contribution in [0.25, 0.3) is 0 Å². The zero-order valence-corrected chi connectivity index (χ0v) is 12.3. The summed E-state index contributed by atoms with van der Waals surface area (Å²) in [6, 6.07) is 2.30. The minimum atomic E-state index is -0.979. The lowest BCUT2D eigenvalue weighted by Crippen LogP contribution is -2.32. The summed E-state index contributed by atoms with van der Waals surface area (Å²) in [6.07, 6.45) is 0.784. The number of hydrogen-bond donors (Lipinski definition) is 2. The molecular formula is C14H19FN2O5. The lowest BCUT2D eigenvalue weighted by Gasteiger charge is -2.27. The van der Waals surface area contributed by atoms with Crippen LogP contribution in [0, 0.1) is 21.8 Å². The Morgan fingerprint density at radius 2 is 2.23 bits per heavy atom. The number of nitrogens with one attached hydrogen (secondary N) is 1. The maximum atomic E-state index is 13.8. The number of aliphatic hydroxyl groups is 1. The van der Waals surface area contributed by atoms with Gasteiger partial charge in [0.2, 0.25) is 5.82 Å². The maximum Gasteiger partial charge on any atom is 0.327 e. The van der Waals surface area contributed by atoms with Crippen molar-refractivity contribution >= 4 is 11.4 Å². The van der Waals surface area contributed by atoms with Crippen LogP contribution in [0.4, 0.5) is 15.8 Å². The van der Waals surface area contributed by atoms with Crippen molar-refractivity contribution in [2.45, 2.75) is 18.9 Å². The number of halogens is 1. The number of rotatable bonds is 6. The van der Waals surface area contributed by atoms with E-state index in [4.69, 9.17) is 9.47 Å². The molecule has 1 aromatic rings. The molecular weight excluding hydrogens is 295 g/mol. The summed E-state index contributed by atoms with van der Waals surface area (Å²) in [5, 5.41) is 23.9. The Kier molecular flexibility index (Phi) is 5.51. The maximum absolute atomic E-state index is 13.8. The van der Waals surface area contributed by atoms with Gasteiger partial charge in [0.15, 0.2) is 0 Å². The Labute approximate surface area is 127 Å². The van der Waals surface area contributed by atoms with Gasteiger partial charge in [0, 0.05) is 31.9 Å². The van der Waals surface area contributed by atoms with Gasteiger partial charge in [0.25, 0.3) is 0 Å². The van der Waals surface area contributed by atoms with Gasteiger partial charge in [-0.1, -0.05) is 0 Å². The monoisotopic (exact) mass is 314 g/mol. The van der Waals surface area contributed by atoms with Crippen LogP contribution in [0.15, 0.2) is 12.1 Å². The van der Waals surface area contributed by atoms with Crippen molar-refractivity contribution < 1.29 is 23.9 Å². The van der Waals surface area contributed by atoms with Crippen LogP contribution in [-0.2, 0) is 4.74 Å². The highest BCUT2D eigenvalue weighted by Crippen LogP contribution is 2.32. The van der Waals surface area contributed by atoms with Crippen molar-refractivity contribution in [3.8, 4) is 5.75 Å². The van der Waals surface area contributed by atoms with Crippen LogP contribution in [0.5, 0.6) is 5.75 Å². The van der Waals surface area contributed by atoms with Crippen molar-refractivity contribution in [2.24, 2.45) is 5.92 Å². The van der Waals surface area contributed by atoms with E-state index in [1.165, 1.54) is 13.2 Å². The normalized spacial score (nSPS) is 17.0. The number of nitrogens with zero attached hydrogens (tertiary/aromatic N) is 1. The van der Waals surface area contributed by atoms with Crippen molar-refractivity contribution in [1.82, 2.24) is 0 Å². The quantitative estimate of drug-likeness (QED) is 0.615. The van der Waals surface area contributed by atoms with Crippen LogP contribution < -0.4 is 10.1 Å². The summed E-state index contributed by atoms with van der Waals surface area (Å²) in [7, 11) is 1.35. The van der Waals surface area contributed by atoms with Crippen LogP contribution in [-0.4, -0.2) is 43.0 Å². The van der Waals surface area contributed by atoms with Crippen LogP contribution in [0.3, 0.4) is 0 Å². The molecule has 0 spiro atoms. The number of anilines is 1. The Bertz CT molecular complexity index is 534. The molecule has 1 saturated heterocycles. The van der Waals surface area contributed by atoms with Gasteiger partial charge in [-0.2, -0.15) is 4.39 Å². The van der Waals surface area contributed by atoms with Crippen molar-refractivity contribution in [1.29, 1.82) is 0 Å². The Hall–Kier alpha value is -1.93. The van der Waals surface area contributed by atoms with Crippen LogP contribution in [0.1, 0.15) is 12.8 Å². The number of ether oxygens (including phenoxy) is 2. The number of methoxy groups -OCH3 is 1. The fourth-order valence-electron chi connectivity index (χ4n) is 2.49. The molecule has 0 bridgehead atoms. The van der Waals surface area contributed by atoms with E-state index < -0.39 is 22.5 Å². The first kappa shape index (κ1) is 16.4. The molecule has 0 aliphatic carbocycles. The van der Waals surface area contributed by atoms with Gasteiger partial charge in [-0.25, -0.2) is 0 Å². The smallest absolute Gasteiger partial charge is 0.327 e. The zero-order valence-electron chi connectivity index (χ0n) is 12.3. The Morgan fingerprint density at radius 1 is 1.55 bits per heavy atom. The standard InChI is InChI=1S/C14H19FN2O5/c1-21-10-6-11(15)14(17(19)20)12(7-10)16-8-13(18)9-2-4-22-5-3-9/h6-7,9,13,16,18H,2-5,8H2,1H3. The number of benzene rings is 1. The first-order valence-electron chi connectivity index (χ1n) is 7.04. The fraction of sp³-hybridized carbons (Fsp3) is 0.571. The topological polar surface area (TPSA) is 93.9 Å². The highest BCUT2D eigenvalue weighted by molar-refractivity contribution is 5.65. The lowest BCUT2D eigenvalue weighted by atomic mass is 9.94. The van der Waals surface area contributed by atoms with Gasteiger partial charge in [0.05, 0.1) is 18.1 Å². The Balaban J connectivity index is 2.10. The van der Waals surface area contributed by atoms with Gasteiger partial charge in [-0.15, -0.1) is 0 Å². The predicted octanol–water partition coefficient (Wildman–Crippen LogP) is 1.94. The molecule has 0 aromatic heterocycles. The van der Waals surface area contributed by atoms with Crippen LogP contribution in [0.2, 0.25) is 0 Å². The molecule has 7 nitrogen and oxygen atoms in total. The molecule has 2 rings (SSSR count). The van der Waals surface area contributed by atoms with Crippen molar-refractivity contribution in [3.05, 3.63) is 28.1 Å². The zero-order chi connectivity index (χ0) is 16.1. The SMILES string of the molecule is COc1cc(F)c([N+](=O)[O-])c(NCC(O)C2CCOCC2)c1. The van der Waals surface area contributed by atoms with E-state index in [0.29, 0.717) is 13.2 Å². The molecule has 8 heteroatoms. The molecule has 1 aromatic carbocycles. The number of hydrogen-bond acceptors (Lipinski definition) is 6. The second-order valence-corrected chi connectivity index (χ2v) is 5.16. The van der Waals surface area contributed by atoms with Gasteiger partial charge < -0.3 is 19.9 Å². The molecule has 22 heavy (non-hydrogen) atoms. The van der Waals surface area contributed by atoms with E-state index in [-0.39, 0.29) is 23.9 Å². The second-order valence-electron chi connectivity index (χ2n) is 5.16. The van der Waals surface area contributed by atoms with E-state index in [1.54, 1.807) is 0 Å². The third kappa shape index (κ3) is 3.83. The summed E-state index contributed by atoms with van der Waals surface area (Å²) in [5.74, 6) is -0.741. The molecule has 1 aliphatic rings. The number of nitro groups is 1. The van der Waals surface area contributed by atoms with Gasteiger partial charge >= 0.3 is 5.69 Å². The minimum absolute atomic E-state index is 0.00652. The molecule has 0 radical (unpaired) electrons. The summed E-state index contributed by atoms with van der Waals surface area (Å²) in [4.78, 5) is 10.2. The molecule has 2 N–H and O–H groups in total. The highest BCUT2D eigenvalue weighted by atomic mass is 19.1. The molecule has 0 saturated carbocycles. The minimum Gasteiger partial charge on any atom is -0.497 e. The largest absolute Gasteiger partial charge is 0.497 e. The molecule has 1 fully saturated rings. The molecule has 1 atom stereocenters. The third-order valence-electron chi connectivity index (χ3n) is 3.77. The average Bonchev–Trinajstić information content (AvgIpc) is 2.52. The van der Waals surface area contributed by atoms with Gasteiger partial charge in [0.1, 0.15) is 11.4 Å². The molecule has 1 heterocycles. The van der Waals surface area contributed by atoms with Crippen molar-refractivity contribution in [2.75, 3.05) is 32.2 Å². The number of aliphatic hydroxyl groups excluding tert-OH is 1. The van der Waals surface area contributed by atoms with E-state index >= 15 is 0 Å². The number of nitro benzene ring substituents is 1. The lowest BCUT2D eigenvalue weighted by molar-refractivity contribution is -0.386. The van der Waals surface area contributed by atoms with Gasteiger partial charge in [-0.3, -0.25) is 10.1 Å². The first-order valence-corrected chi connectivity index (χ1v) is 7.04. The van der Waals surface area contributed by atoms with Crippen LogP contribution >= 0.6 is 0 Å². The fourth-order valence-corrected chi connectivity index (χ4v) is 2.49. The van der Waals surface area contributed by atoms with Crippen molar-refractivity contribution in [3.63, 3.8) is 0 Å². The summed E-state index contributed by atoms with van der Waals surface area (Å²) in [6.45, 7) is 1.28. The molecule has 0 amide bonds. The molecule has 1 aliphatic heterocycles. The molecule has 1 unspecified atom stereocenters. The van der Waals surface area contributed by atoms with E-state index in [2.05, 4.69) is 5.32 Å². The second kappa shape index (κ2) is 7.37.